The first-order valence-electron chi connectivity index (χ1n) is 4.82. The molecule has 0 aliphatic rings. The molecule has 0 aromatic heterocycles. The van der Waals surface area contributed by atoms with Crippen molar-refractivity contribution in [2.75, 3.05) is 0 Å². The normalized spacial score (nSPS) is 9.33. The Morgan fingerprint density at radius 1 is 0.733 bits per heavy atom. The van der Waals surface area contributed by atoms with E-state index in [0.717, 1.165) is 16.7 Å². The van der Waals surface area contributed by atoms with Gasteiger partial charge in [0.05, 0.1) is 0 Å². The highest BCUT2D eigenvalue weighted by Gasteiger charge is 2.02. The summed E-state index contributed by atoms with van der Waals surface area (Å²) in [6.07, 6.45) is 0. The Labute approximate surface area is 89.2 Å². The van der Waals surface area contributed by atoms with Crippen LogP contribution in [0.25, 0.3) is 5.57 Å². The molecule has 0 amide bonds. The second kappa shape index (κ2) is 4.41. The van der Waals surface area contributed by atoms with Gasteiger partial charge in [-0.15, -0.1) is 0 Å². The van der Waals surface area contributed by atoms with Crippen molar-refractivity contribution in [2.45, 2.75) is 0 Å². The zero-order chi connectivity index (χ0) is 10.5. The average Bonchev–Trinajstić information content (AvgIpc) is 2.33. The molecule has 15 heavy (non-hydrogen) atoms. The maximum atomic E-state index is 7.35. The second-order valence-corrected chi connectivity index (χ2v) is 3.23. The minimum Gasteiger partial charge on any atom is -0.258 e. The van der Waals surface area contributed by atoms with Crippen LogP contribution >= 0.6 is 0 Å². The van der Waals surface area contributed by atoms with Crippen molar-refractivity contribution >= 4 is 11.4 Å². The van der Waals surface area contributed by atoms with Gasteiger partial charge in [-0.05, 0) is 17.0 Å². The van der Waals surface area contributed by atoms with Crippen LogP contribution in [0.3, 0.4) is 0 Å². The lowest BCUT2D eigenvalue weighted by atomic mass is 10.00. The zero-order valence-electron chi connectivity index (χ0n) is 8.27. The highest BCUT2D eigenvalue weighted by molar-refractivity contribution is 5.97. The Morgan fingerprint density at radius 3 is 1.47 bits per heavy atom. The van der Waals surface area contributed by atoms with Crippen LogP contribution in [0.2, 0.25) is 0 Å². The summed E-state index contributed by atoms with van der Waals surface area (Å²) in [4.78, 5) is 0. The van der Waals surface area contributed by atoms with E-state index in [-0.39, 0.29) is 0 Å². The molecular weight excluding hydrogens is 182 g/mol. The maximum Gasteiger partial charge on any atom is 0.0498 e. The van der Waals surface area contributed by atoms with Crippen molar-refractivity contribution in [3.63, 3.8) is 0 Å². The van der Waals surface area contributed by atoms with E-state index in [1.807, 2.05) is 60.7 Å². The molecule has 1 N–H and O–H groups in total. The number of hydrogen-bond acceptors (Lipinski definition) is 1. The summed E-state index contributed by atoms with van der Waals surface area (Å²) in [5, 5.41) is 7.35. The SMILES string of the molecule is N=C=C(c1ccccc1)c1ccccc1. The van der Waals surface area contributed by atoms with Gasteiger partial charge in [-0.1, -0.05) is 60.7 Å². The number of rotatable bonds is 2. The van der Waals surface area contributed by atoms with Crippen LogP contribution in [0, 0.1) is 5.41 Å². The third-order valence-electron chi connectivity index (χ3n) is 2.25. The third-order valence-corrected chi connectivity index (χ3v) is 2.25. The molecule has 0 atom stereocenters. The van der Waals surface area contributed by atoms with Crippen molar-refractivity contribution in [3.8, 4) is 0 Å². The Kier molecular flexibility index (Phi) is 2.77. The van der Waals surface area contributed by atoms with Crippen LogP contribution in [-0.4, -0.2) is 5.87 Å². The smallest absolute Gasteiger partial charge is 0.0498 e. The summed E-state index contributed by atoms with van der Waals surface area (Å²) in [7, 11) is 0. The zero-order valence-corrected chi connectivity index (χ0v) is 8.27. The number of nitrogens with one attached hydrogen (secondary N) is 1. The van der Waals surface area contributed by atoms with Crippen molar-refractivity contribution in [1.29, 1.82) is 5.41 Å². The van der Waals surface area contributed by atoms with E-state index in [2.05, 4.69) is 5.87 Å². The first-order chi connectivity index (χ1) is 7.42. The summed E-state index contributed by atoms with van der Waals surface area (Å²) in [5.41, 5.74) is 2.88. The summed E-state index contributed by atoms with van der Waals surface area (Å²) < 4.78 is 0. The lowest BCUT2D eigenvalue weighted by Gasteiger charge is -2.03. The molecule has 1 nitrogen and oxygen atoms in total. The van der Waals surface area contributed by atoms with Crippen LogP contribution < -0.4 is 0 Å². The van der Waals surface area contributed by atoms with Gasteiger partial charge in [-0.25, -0.2) is 0 Å². The van der Waals surface area contributed by atoms with E-state index in [9.17, 15) is 0 Å². The topological polar surface area (TPSA) is 23.9 Å². The van der Waals surface area contributed by atoms with E-state index in [4.69, 9.17) is 5.41 Å². The van der Waals surface area contributed by atoms with Gasteiger partial charge in [0.1, 0.15) is 0 Å². The minimum absolute atomic E-state index is 0.830. The molecule has 1 heteroatoms. The Morgan fingerprint density at radius 2 is 1.13 bits per heavy atom. The van der Waals surface area contributed by atoms with Gasteiger partial charge in [0, 0.05) is 5.57 Å². The largest absolute Gasteiger partial charge is 0.258 e. The molecule has 0 fully saturated rings. The summed E-state index contributed by atoms with van der Waals surface area (Å²) in [6.45, 7) is 0. The molecule has 0 spiro atoms. The van der Waals surface area contributed by atoms with Gasteiger partial charge in [-0.3, -0.25) is 5.41 Å². The Bertz CT molecular complexity index is 438. The van der Waals surface area contributed by atoms with Crippen molar-refractivity contribution in [1.82, 2.24) is 0 Å². The monoisotopic (exact) mass is 193 g/mol. The van der Waals surface area contributed by atoms with Gasteiger partial charge in [0.2, 0.25) is 0 Å². The van der Waals surface area contributed by atoms with Crippen molar-refractivity contribution in [2.24, 2.45) is 0 Å². The molecule has 0 aliphatic carbocycles. The quantitative estimate of drug-likeness (QED) is 0.707. The molecule has 72 valence electrons. The summed E-state index contributed by atoms with van der Waals surface area (Å²) in [5.74, 6) is 2.50. The third kappa shape index (κ3) is 2.04. The van der Waals surface area contributed by atoms with Gasteiger partial charge < -0.3 is 0 Å². The van der Waals surface area contributed by atoms with Crippen LogP contribution in [0.4, 0.5) is 0 Å². The molecule has 0 saturated carbocycles. The van der Waals surface area contributed by atoms with Gasteiger partial charge >= 0.3 is 0 Å². The van der Waals surface area contributed by atoms with Crippen LogP contribution in [0.1, 0.15) is 11.1 Å². The van der Waals surface area contributed by atoms with Crippen LogP contribution in [0.15, 0.2) is 60.7 Å². The van der Waals surface area contributed by atoms with Crippen LogP contribution in [0.5, 0.6) is 0 Å². The highest BCUT2D eigenvalue weighted by Crippen LogP contribution is 2.19. The summed E-state index contributed by atoms with van der Waals surface area (Å²) >= 11 is 0. The van der Waals surface area contributed by atoms with Crippen LogP contribution in [-0.2, 0) is 0 Å². The van der Waals surface area contributed by atoms with Gasteiger partial charge in [-0.2, -0.15) is 0 Å². The molecule has 2 rings (SSSR count). The van der Waals surface area contributed by atoms with Crippen molar-refractivity contribution < 1.29 is 0 Å². The number of hydrogen-bond donors (Lipinski definition) is 1. The predicted molar refractivity (Wildman–Crippen MR) is 63.1 cm³/mol. The molecule has 2 aromatic rings. The molecule has 0 heterocycles. The average molecular weight is 193 g/mol. The summed E-state index contributed by atoms with van der Waals surface area (Å²) in [6, 6.07) is 19.8. The second-order valence-electron chi connectivity index (χ2n) is 3.23. The predicted octanol–water partition coefficient (Wildman–Crippen LogP) is 3.37. The lowest BCUT2D eigenvalue weighted by molar-refractivity contribution is 1.54. The molecule has 0 radical (unpaired) electrons. The Hall–Kier alpha value is -2.11. The first kappa shape index (κ1) is 9.45. The lowest BCUT2D eigenvalue weighted by Crippen LogP contribution is -1.87. The van der Waals surface area contributed by atoms with E-state index in [0.29, 0.717) is 0 Å². The fraction of sp³-hybridized carbons (Fsp3) is 0. The van der Waals surface area contributed by atoms with E-state index in [1.165, 1.54) is 0 Å². The van der Waals surface area contributed by atoms with Gasteiger partial charge in [0.15, 0.2) is 0 Å². The van der Waals surface area contributed by atoms with E-state index in [1.54, 1.807) is 0 Å². The first-order valence-corrected chi connectivity index (χ1v) is 4.82. The molecule has 2 aromatic carbocycles. The minimum atomic E-state index is 0.830. The van der Waals surface area contributed by atoms with E-state index < -0.39 is 0 Å². The van der Waals surface area contributed by atoms with Crippen molar-refractivity contribution in [3.05, 3.63) is 71.8 Å². The molecular formula is C14H11N. The Balaban J connectivity index is 2.48. The maximum absolute atomic E-state index is 7.35. The highest BCUT2D eigenvalue weighted by atomic mass is 14.3. The fourth-order valence-electron chi connectivity index (χ4n) is 1.52. The fourth-order valence-corrected chi connectivity index (χ4v) is 1.52. The number of benzene rings is 2. The standard InChI is InChI=1S/C14H11N/c15-11-14(12-7-3-1-4-8-12)13-9-5-2-6-10-13/h1-10,15H. The molecule has 0 saturated heterocycles. The molecule has 0 aliphatic heterocycles. The molecule has 0 unspecified atom stereocenters. The van der Waals surface area contributed by atoms with E-state index >= 15 is 0 Å². The van der Waals surface area contributed by atoms with Gasteiger partial charge in [0.25, 0.3) is 0 Å². The molecule has 0 bridgehead atoms.